The number of ether oxygens (including phenoxy) is 1. The van der Waals surface area contributed by atoms with Gasteiger partial charge in [-0.05, 0) is 18.1 Å². The van der Waals surface area contributed by atoms with Crippen LogP contribution in [-0.4, -0.2) is 25.5 Å². The van der Waals surface area contributed by atoms with Crippen LogP contribution in [0.4, 0.5) is 0 Å². The zero-order chi connectivity index (χ0) is 14.0. The molecule has 0 spiro atoms. The molecular formula is C13H20N2O3. The number of benzene rings is 1. The second-order valence-corrected chi connectivity index (χ2v) is 3.18. The summed E-state index contributed by atoms with van der Waals surface area (Å²) < 4.78 is 5.15. The van der Waals surface area contributed by atoms with Gasteiger partial charge in [0.05, 0.1) is 7.11 Å². The van der Waals surface area contributed by atoms with Gasteiger partial charge in [0, 0.05) is 6.54 Å². The highest BCUT2D eigenvalue weighted by atomic mass is 16.5. The molecule has 100 valence electrons. The first-order valence-electron chi connectivity index (χ1n) is 5.84. The van der Waals surface area contributed by atoms with Crippen LogP contribution in [0.2, 0.25) is 0 Å². The lowest BCUT2D eigenvalue weighted by Gasteiger charge is -2.08. The number of nitrogens with one attached hydrogen (secondary N) is 1. The lowest BCUT2D eigenvalue weighted by Crippen LogP contribution is -2.37. The van der Waals surface area contributed by atoms with Crippen molar-refractivity contribution in [1.82, 2.24) is 5.32 Å². The molecule has 1 rings (SSSR count). The van der Waals surface area contributed by atoms with E-state index in [1.807, 2.05) is 38.1 Å². The molecule has 0 unspecified atom stereocenters. The van der Waals surface area contributed by atoms with Gasteiger partial charge in [-0.2, -0.15) is 0 Å². The fraction of sp³-hybridized carbons (Fsp3) is 0.385. The standard InChI is InChI=1S/C11H14N2O3.C2H6/c1-16-9-5-3-2-4-8(9)6-7-13-11(15)10(12)14;1-2/h2-5H,6-7H2,1H3,(H2,12,14)(H,13,15);1-2H3. The van der Waals surface area contributed by atoms with Crippen LogP contribution in [0.3, 0.4) is 0 Å². The highest BCUT2D eigenvalue weighted by molar-refractivity contribution is 6.34. The lowest BCUT2D eigenvalue weighted by atomic mass is 10.1. The highest BCUT2D eigenvalue weighted by Crippen LogP contribution is 2.16. The number of methoxy groups -OCH3 is 1. The van der Waals surface area contributed by atoms with Gasteiger partial charge in [0.2, 0.25) is 0 Å². The Labute approximate surface area is 107 Å². The maximum atomic E-state index is 10.9. The number of carbonyl (C=O) groups excluding carboxylic acids is 2. The minimum atomic E-state index is -0.972. The average molecular weight is 252 g/mol. The first-order valence-corrected chi connectivity index (χ1v) is 5.84. The first-order chi connectivity index (χ1) is 8.65. The average Bonchev–Trinajstić information content (AvgIpc) is 2.41. The van der Waals surface area contributed by atoms with Crippen molar-refractivity contribution < 1.29 is 14.3 Å². The molecule has 0 bridgehead atoms. The molecule has 0 radical (unpaired) electrons. The molecule has 2 amide bonds. The Morgan fingerprint density at radius 3 is 2.44 bits per heavy atom. The molecule has 5 heteroatoms. The molecule has 0 saturated heterocycles. The van der Waals surface area contributed by atoms with Crippen LogP contribution in [0, 0.1) is 0 Å². The summed E-state index contributed by atoms with van der Waals surface area (Å²) in [5.74, 6) is -0.981. The van der Waals surface area contributed by atoms with Crippen molar-refractivity contribution in [3.05, 3.63) is 29.8 Å². The molecule has 0 aromatic heterocycles. The summed E-state index contributed by atoms with van der Waals surface area (Å²) in [6, 6.07) is 7.48. The van der Waals surface area contributed by atoms with Crippen molar-refractivity contribution in [3.63, 3.8) is 0 Å². The quantitative estimate of drug-likeness (QED) is 0.780. The summed E-state index contributed by atoms with van der Waals surface area (Å²) in [6.07, 6.45) is 0.586. The minimum Gasteiger partial charge on any atom is -0.496 e. The van der Waals surface area contributed by atoms with Gasteiger partial charge >= 0.3 is 11.8 Å². The number of primary amides is 1. The number of para-hydroxylation sites is 1. The number of rotatable bonds is 4. The number of amides is 2. The van der Waals surface area contributed by atoms with Gasteiger partial charge in [-0.15, -0.1) is 0 Å². The Morgan fingerprint density at radius 1 is 1.28 bits per heavy atom. The smallest absolute Gasteiger partial charge is 0.309 e. The van der Waals surface area contributed by atoms with E-state index in [0.717, 1.165) is 11.3 Å². The van der Waals surface area contributed by atoms with E-state index in [0.29, 0.717) is 13.0 Å². The summed E-state index contributed by atoms with van der Waals surface area (Å²) in [5.41, 5.74) is 5.76. The Kier molecular flexibility index (Phi) is 8.01. The van der Waals surface area contributed by atoms with Crippen molar-refractivity contribution in [2.75, 3.05) is 13.7 Å². The van der Waals surface area contributed by atoms with Gasteiger partial charge in [0.15, 0.2) is 0 Å². The van der Waals surface area contributed by atoms with Crippen molar-refractivity contribution >= 4 is 11.8 Å². The fourth-order valence-electron chi connectivity index (χ4n) is 1.31. The first kappa shape index (κ1) is 16.0. The molecule has 0 aliphatic heterocycles. The summed E-state index contributed by atoms with van der Waals surface area (Å²) in [4.78, 5) is 21.3. The van der Waals surface area contributed by atoms with Crippen molar-refractivity contribution in [1.29, 1.82) is 0 Å². The minimum absolute atomic E-state index is 0.349. The van der Waals surface area contributed by atoms with E-state index in [4.69, 9.17) is 10.5 Å². The third-order valence-corrected chi connectivity index (χ3v) is 2.10. The molecule has 0 fully saturated rings. The van der Waals surface area contributed by atoms with Gasteiger partial charge in [-0.3, -0.25) is 9.59 Å². The molecule has 0 saturated carbocycles. The zero-order valence-electron chi connectivity index (χ0n) is 11.0. The predicted molar refractivity (Wildman–Crippen MR) is 70.3 cm³/mol. The molecule has 0 aliphatic rings. The van der Waals surface area contributed by atoms with E-state index >= 15 is 0 Å². The van der Waals surface area contributed by atoms with Crippen molar-refractivity contribution in [2.45, 2.75) is 20.3 Å². The van der Waals surface area contributed by atoms with Crippen LogP contribution < -0.4 is 15.8 Å². The largest absolute Gasteiger partial charge is 0.496 e. The molecular weight excluding hydrogens is 232 g/mol. The van der Waals surface area contributed by atoms with E-state index in [1.165, 1.54) is 0 Å². The van der Waals surface area contributed by atoms with Crippen LogP contribution >= 0.6 is 0 Å². The van der Waals surface area contributed by atoms with Gasteiger partial charge in [-0.1, -0.05) is 32.0 Å². The Bertz CT molecular complexity index is 392. The number of nitrogens with two attached hydrogens (primary N) is 1. The second kappa shape index (κ2) is 9.04. The fourth-order valence-corrected chi connectivity index (χ4v) is 1.31. The molecule has 18 heavy (non-hydrogen) atoms. The molecule has 1 aromatic rings. The summed E-state index contributed by atoms with van der Waals surface area (Å²) in [6.45, 7) is 4.35. The second-order valence-electron chi connectivity index (χ2n) is 3.18. The molecule has 0 aliphatic carbocycles. The molecule has 5 nitrogen and oxygen atoms in total. The SMILES string of the molecule is CC.COc1ccccc1CCNC(=O)C(N)=O. The van der Waals surface area contributed by atoms with Gasteiger partial charge in [0.1, 0.15) is 5.75 Å². The molecule has 1 aromatic carbocycles. The summed E-state index contributed by atoms with van der Waals surface area (Å²) in [7, 11) is 1.58. The Balaban J connectivity index is 0.00000137. The predicted octanol–water partition coefficient (Wildman–Crippen LogP) is 0.865. The molecule has 3 N–H and O–H groups in total. The van der Waals surface area contributed by atoms with Gasteiger partial charge < -0.3 is 15.8 Å². The zero-order valence-corrected chi connectivity index (χ0v) is 11.0. The summed E-state index contributed by atoms with van der Waals surface area (Å²) >= 11 is 0. The van der Waals surface area contributed by atoms with Crippen molar-refractivity contribution in [3.8, 4) is 5.75 Å². The van der Waals surface area contributed by atoms with Gasteiger partial charge in [0.25, 0.3) is 0 Å². The topological polar surface area (TPSA) is 81.4 Å². The highest BCUT2D eigenvalue weighted by Gasteiger charge is 2.07. The summed E-state index contributed by atoms with van der Waals surface area (Å²) in [5, 5.41) is 2.41. The Morgan fingerprint density at radius 2 is 1.89 bits per heavy atom. The van der Waals surface area contributed by atoms with Crippen LogP contribution in [0.1, 0.15) is 19.4 Å². The normalized spacial score (nSPS) is 8.83. The maximum absolute atomic E-state index is 10.9. The third-order valence-electron chi connectivity index (χ3n) is 2.10. The van der Waals surface area contributed by atoms with Crippen LogP contribution in [-0.2, 0) is 16.0 Å². The maximum Gasteiger partial charge on any atom is 0.309 e. The van der Waals surface area contributed by atoms with E-state index in [1.54, 1.807) is 7.11 Å². The Hall–Kier alpha value is -2.04. The van der Waals surface area contributed by atoms with Crippen molar-refractivity contribution in [2.24, 2.45) is 5.73 Å². The van der Waals surface area contributed by atoms with Crippen LogP contribution in [0.25, 0.3) is 0 Å². The molecule has 0 atom stereocenters. The monoisotopic (exact) mass is 252 g/mol. The molecule has 0 heterocycles. The number of hydrogen-bond donors (Lipinski definition) is 2. The van der Waals surface area contributed by atoms with E-state index < -0.39 is 11.8 Å². The van der Waals surface area contributed by atoms with E-state index in [-0.39, 0.29) is 0 Å². The third kappa shape index (κ3) is 5.34. The lowest BCUT2D eigenvalue weighted by molar-refractivity contribution is -0.137. The van der Waals surface area contributed by atoms with E-state index in [2.05, 4.69) is 5.32 Å². The van der Waals surface area contributed by atoms with Crippen LogP contribution in [0.5, 0.6) is 5.75 Å². The van der Waals surface area contributed by atoms with Crippen LogP contribution in [0.15, 0.2) is 24.3 Å². The number of carbonyl (C=O) groups is 2. The van der Waals surface area contributed by atoms with Gasteiger partial charge in [-0.25, -0.2) is 0 Å². The van der Waals surface area contributed by atoms with E-state index in [9.17, 15) is 9.59 Å². The number of hydrogen-bond acceptors (Lipinski definition) is 3.